The van der Waals surface area contributed by atoms with Crippen molar-refractivity contribution < 1.29 is 19.1 Å². The molecule has 4 rings (SSSR count). The van der Waals surface area contributed by atoms with E-state index in [1.807, 2.05) is 50.2 Å². The Bertz CT molecular complexity index is 1210. The Labute approximate surface area is 187 Å². The maximum Gasteiger partial charge on any atom is 0.282 e. The van der Waals surface area contributed by atoms with Crippen molar-refractivity contribution in [3.05, 3.63) is 89.1 Å². The first-order chi connectivity index (χ1) is 15.4. The van der Waals surface area contributed by atoms with E-state index < -0.39 is 5.91 Å². The van der Waals surface area contributed by atoms with Crippen LogP contribution in [0.1, 0.15) is 16.7 Å². The molecule has 0 aliphatic carbocycles. The third kappa shape index (κ3) is 3.83. The highest BCUT2D eigenvalue weighted by Gasteiger charge is 2.40. The molecule has 1 aliphatic rings. The molecule has 0 aromatic heterocycles. The second-order valence-corrected chi connectivity index (χ2v) is 7.59. The van der Waals surface area contributed by atoms with Crippen LogP contribution in [0.3, 0.4) is 0 Å². The normalized spacial score (nSPS) is 13.6. The number of nitrogens with one attached hydrogen (secondary N) is 1. The number of hydrogen-bond acceptors (Lipinski definition) is 5. The van der Waals surface area contributed by atoms with Gasteiger partial charge < -0.3 is 14.8 Å². The maximum atomic E-state index is 13.5. The van der Waals surface area contributed by atoms with E-state index in [-0.39, 0.29) is 11.6 Å². The number of carbonyl (C=O) groups is 2. The van der Waals surface area contributed by atoms with Crippen LogP contribution in [0.5, 0.6) is 11.5 Å². The minimum Gasteiger partial charge on any atom is -0.497 e. The van der Waals surface area contributed by atoms with Crippen molar-refractivity contribution in [3.63, 3.8) is 0 Å². The van der Waals surface area contributed by atoms with Crippen LogP contribution in [0.25, 0.3) is 5.57 Å². The van der Waals surface area contributed by atoms with Gasteiger partial charge in [0.25, 0.3) is 11.8 Å². The number of benzene rings is 3. The van der Waals surface area contributed by atoms with Gasteiger partial charge in [-0.25, -0.2) is 4.90 Å². The summed E-state index contributed by atoms with van der Waals surface area (Å²) < 4.78 is 10.8. The molecular formula is C26H24N2O4. The number of ether oxygens (including phenoxy) is 2. The summed E-state index contributed by atoms with van der Waals surface area (Å²) in [5, 5.41) is 3.15. The van der Waals surface area contributed by atoms with Crippen molar-refractivity contribution in [1.82, 2.24) is 0 Å². The van der Waals surface area contributed by atoms with E-state index in [1.54, 1.807) is 44.6 Å². The summed E-state index contributed by atoms with van der Waals surface area (Å²) in [6.07, 6.45) is 0. The Kier molecular flexibility index (Phi) is 5.69. The number of imide groups is 1. The zero-order valence-electron chi connectivity index (χ0n) is 18.4. The van der Waals surface area contributed by atoms with Gasteiger partial charge in [-0.05, 0) is 43.7 Å². The number of carbonyl (C=O) groups excluding carboxylic acids is 2. The lowest BCUT2D eigenvalue weighted by atomic mass is 10.0. The van der Waals surface area contributed by atoms with Gasteiger partial charge in [0.15, 0.2) is 0 Å². The van der Waals surface area contributed by atoms with Crippen molar-refractivity contribution in [3.8, 4) is 11.5 Å². The number of hydrogen-bond donors (Lipinski definition) is 1. The fourth-order valence-electron chi connectivity index (χ4n) is 3.61. The van der Waals surface area contributed by atoms with Crippen LogP contribution in [0.4, 0.5) is 11.4 Å². The molecule has 162 valence electrons. The predicted octanol–water partition coefficient (Wildman–Crippen LogP) is 4.72. The smallest absolute Gasteiger partial charge is 0.282 e. The zero-order valence-corrected chi connectivity index (χ0v) is 18.4. The van der Waals surface area contributed by atoms with Gasteiger partial charge in [-0.1, -0.05) is 47.5 Å². The molecule has 0 saturated heterocycles. The molecule has 6 heteroatoms. The first-order valence-electron chi connectivity index (χ1n) is 10.2. The number of anilines is 2. The Balaban J connectivity index is 1.84. The SMILES string of the molecule is COc1ccc(OC)c(NC2=C(c3ccc(C)cc3)C(=O)N(c3ccc(C)cc3)C2=O)c1. The van der Waals surface area contributed by atoms with Gasteiger partial charge in [0, 0.05) is 6.07 Å². The van der Waals surface area contributed by atoms with Crippen molar-refractivity contribution in [1.29, 1.82) is 0 Å². The second-order valence-electron chi connectivity index (χ2n) is 7.59. The van der Waals surface area contributed by atoms with Crippen molar-refractivity contribution in [2.24, 2.45) is 0 Å². The summed E-state index contributed by atoms with van der Waals surface area (Å²) >= 11 is 0. The summed E-state index contributed by atoms with van der Waals surface area (Å²) in [6.45, 7) is 3.92. The first kappa shape index (κ1) is 21.2. The number of aryl methyl sites for hydroxylation is 2. The lowest BCUT2D eigenvalue weighted by molar-refractivity contribution is -0.120. The fraction of sp³-hybridized carbons (Fsp3) is 0.154. The monoisotopic (exact) mass is 428 g/mol. The first-order valence-corrected chi connectivity index (χ1v) is 10.2. The molecular weight excluding hydrogens is 404 g/mol. The maximum absolute atomic E-state index is 13.5. The van der Waals surface area contributed by atoms with E-state index in [4.69, 9.17) is 9.47 Å². The van der Waals surface area contributed by atoms with Crippen LogP contribution in [0.2, 0.25) is 0 Å². The Morgan fingerprint density at radius 3 is 1.97 bits per heavy atom. The van der Waals surface area contributed by atoms with Gasteiger partial charge in [0.1, 0.15) is 17.2 Å². The van der Waals surface area contributed by atoms with Crippen molar-refractivity contribution >= 4 is 28.8 Å². The summed E-state index contributed by atoms with van der Waals surface area (Å²) in [5.41, 5.74) is 4.30. The zero-order chi connectivity index (χ0) is 22.8. The van der Waals surface area contributed by atoms with Gasteiger partial charge in [0.05, 0.1) is 31.2 Å². The molecule has 32 heavy (non-hydrogen) atoms. The molecule has 0 spiro atoms. The van der Waals surface area contributed by atoms with E-state index in [1.165, 1.54) is 4.90 Å². The van der Waals surface area contributed by atoms with Crippen molar-refractivity contribution in [2.45, 2.75) is 13.8 Å². The lowest BCUT2D eigenvalue weighted by Crippen LogP contribution is -2.32. The molecule has 1 aliphatic heterocycles. The largest absolute Gasteiger partial charge is 0.497 e. The molecule has 1 heterocycles. The van der Waals surface area contributed by atoms with Gasteiger partial charge in [0.2, 0.25) is 0 Å². The van der Waals surface area contributed by atoms with Gasteiger partial charge in [-0.15, -0.1) is 0 Å². The average Bonchev–Trinajstić information content (AvgIpc) is 3.04. The van der Waals surface area contributed by atoms with Crippen LogP contribution in [0, 0.1) is 13.8 Å². The third-order valence-electron chi connectivity index (χ3n) is 5.38. The van der Waals surface area contributed by atoms with E-state index in [0.717, 1.165) is 11.1 Å². The topological polar surface area (TPSA) is 67.9 Å². The molecule has 6 nitrogen and oxygen atoms in total. The summed E-state index contributed by atoms with van der Waals surface area (Å²) in [4.78, 5) is 28.2. The van der Waals surface area contributed by atoms with Gasteiger partial charge in [-0.3, -0.25) is 9.59 Å². The average molecular weight is 428 g/mol. The number of rotatable bonds is 6. The Morgan fingerprint density at radius 2 is 1.38 bits per heavy atom. The highest BCUT2D eigenvalue weighted by molar-refractivity contribution is 6.46. The molecule has 0 atom stereocenters. The molecule has 0 radical (unpaired) electrons. The van der Waals surface area contributed by atoms with Crippen LogP contribution in [-0.4, -0.2) is 26.0 Å². The highest BCUT2D eigenvalue weighted by Crippen LogP contribution is 2.37. The number of amides is 2. The van der Waals surface area contributed by atoms with Crippen LogP contribution < -0.4 is 19.7 Å². The Hall–Kier alpha value is -4.06. The molecule has 1 N–H and O–H groups in total. The summed E-state index contributed by atoms with van der Waals surface area (Å²) in [5.74, 6) is 0.305. The fourth-order valence-corrected chi connectivity index (χ4v) is 3.61. The molecule has 0 unspecified atom stereocenters. The standard InChI is InChI=1S/C26H24N2O4/c1-16-5-9-18(10-6-16)23-24(27-21-15-20(31-3)13-14-22(21)32-4)26(30)28(25(23)29)19-11-7-17(2)8-12-19/h5-15,27H,1-4H3. The summed E-state index contributed by atoms with van der Waals surface area (Å²) in [7, 11) is 3.11. The van der Waals surface area contributed by atoms with Gasteiger partial charge in [-0.2, -0.15) is 0 Å². The summed E-state index contributed by atoms with van der Waals surface area (Å²) in [6, 6.07) is 20.0. The predicted molar refractivity (Wildman–Crippen MR) is 125 cm³/mol. The van der Waals surface area contributed by atoms with Crippen LogP contribution in [-0.2, 0) is 9.59 Å². The number of nitrogens with zero attached hydrogens (tertiary/aromatic N) is 1. The molecule has 2 amide bonds. The highest BCUT2D eigenvalue weighted by atomic mass is 16.5. The molecule has 3 aromatic rings. The quantitative estimate of drug-likeness (QED) is 0.576. The van der Waals surface area contributed by atoms with Crippen LogP contribution in [0.15, 0.2) is 72.4 Å². The molecule has 0 saturated carbocycles. The Morgan fingerprint density at radius 1 is 0.750 bits per heavy atom. The molecule has 3 aromatic carbocycles. The van der Waals surface area contributed by atoms with E-state index >= 15 is 0 Å². The van der Waals surface area contributed by atoms with E-state index in [0.29, 0.717) is 34.0 Å². The number of methoxy groups -OCH3 is 2. The second kappa shape index (κ2) is 8.59. The van der Waals surface area contributed by atoms with E-state index in [2.05, 4.69) is 5.32 Å². The molecule has 0 bridgehead atoms. The third-order valence-corrected chi connectivity index (χ3v) is 5.38. The molecule has 0 fully saturated rings. The minimum absolute atomic E-state index is 0.186. The van der Waals surface area contributed by atoms with E-state index in [9.17, 15) is 9.59 Å². The van der Waals surface area contributed by atoms with Crippen molar-refractivity contribution in [2.75, 3.05) is 24.4 Å². The van der Waals surface area contributed by atoms with Crippen LogP contribution >= 0.6 is 0 Å². The minimum atomic E-state index is -0.431. The van der Waals surface area contributed by atoms with Gasteiger partial charge >= 0.3 is 0 Å². The lowest BCUT2D eigenvalue weighted by Gasteiger charge is -2.16.